The average molecular weight is 246 g/mol. The number of H-pyrrole nitrogens is 1. The number of nitrogens with one attached hydrogen (secondary N) is 3. The second-order valence-electron chi connectivity index (χ2n) is 3.66. The Kier molecular flexibility index (Phi) is 3.85. The quantitative estimate of drug-likeness (QED) is 0.738. The zero-order chi connectivity index (χ0) is 12.8. The van der Waals surface area contributed by atoms with Gasteiger partial charge in [-0.05, 0) is 6.42 Å². The van der Waals surface area contributed by atoms with Crippen molar-refractivity contribution in [1.82, 2.24) is 20.2 Å². The lowest BCUT2D eigenvalue weighted by Gasteiger charge is -2.05. The molecule has 0 aliphatic heterocycles. The summed E-state index contributed by atoms with van der Waals surface area (Å²) in [5.41, 5.74) is 0.853. The van der Waals surface area contributed by atoms with Crippen molar-refractivity contribution < 1.29 is 4.79 Å². The first-order chi connectivity index (χ1) is 8.79. The van der Waals surface area contributed by atoms with E-state index in [4.69, 9.17) is 0 Å². The molecule has 94 valence electrons. The Labute approximate surface area is 104 Å². The van der Waals surface area contributed by atoms with E-state index in [-0.39, 0.29) is 11.6 Å². The van der Waals surface area contributed by atoms with Crippen LogP contribution in [0.15, 0.2) is 24.8 Å². The van der Waals surface area contributed by atoms with Crippen molar-refractivity contribution in [3.63, 3.8) is 0 Å². The van der Waals surface area contributed by atoms with E-state index in [2.05, 4.69) is 37.7 Å². The van der Waals surface area contributed by atoms with Crippen molar-refractivity contribution in [2.75, 3.05) is 17.2 Å². The van der Waals surface area contributed by atoms with Gasteiger partial charge < -0.3 is 10.6 Å². The second kappa shape index (κ2) is 5.76. The fourth-order valence-corrected chi connectivity index (χ4v) is 1.33. The highest BCUT2D eigenvalue weighted by Crippen LogP contribution is 2.06. The number of rotatable bonds is 5. The van der Waals surface area contributed by atoms with E-state index in [0.717, 1.165) is 13.0 Å². The molecule has 0 spiro atoms. The molecule has 0 saturated carbocycles. The van der Waals surface area contributed by atoms with E-state index in [1.165, 1.54) is 12.4 Å². The molecule has 2 heterocycles. The van der Waals surface area contributed by atoms with Gasteiger partial charge >= 0.3 is 0 Å². The summed E-state index contributed by atoms with van der Waals surface area (Å²) in [6.07, 6.45) is 7.10. The van der Waals surface area contributed by atoms with Crippen LogP contribution in [0.2, 0.25) is 0 Å². The number of carbonyl (C=O) groups is 1. The van der Waals surface area contributed by atoms with Gasteiger partial charge in [0.15, 0.2) is 0 Å². The molecule has 7 heteroatoms. The third-order valence-electron chi connectivity index (χ3n) is 2.18. The Bertz CT molecular complexity index is 510. The van der Waals surface area contributed by atoms with E-state index in [1.54, 1.807) is 12.4 Å². The molecule has 2 aromatic heterocycles. The van der Waals surface area contributed by atoms with Gasteiger partial charge in [-0.2, -0.15) is 5.10 Å². The Hall–Kier alpha value is -2.44. The van der Waals surface area contributed by atoms with Crippen LogP contribution in [-0.4, -0.2) is 32.6 Å². The van der Waals surface area contributed by atoms with Gasteiger partial charge in [0.1, 0.15) is 11.5 Å². The molecule has 3 N–H and O–H groups in total. The van der Waals surface area contributed by atoms with Crippen molar-refractivity contribution in [2.24, 2.45) is 0 Å². The molecule has 18 heavy (non-hydrogen) atoms. The van der Waals surface area contributed by atoms with E-state index in [0.29, 0.717) is 11.5 Å². The highest BCUT2D eigenvalue weighted by Gasteiger charge is 2.09. The molecule has 0 radical (unpaired) electrons. The maximum absolute atomic E-state index is 11.9. The third-order valence-corrected chi connectivity index (χ3v) is 2.18. The molecule has 2 rings (SSSR count). The molecule has 0 aromatic carbocycles. The lowest BCUT2D eigenvalue weighted by molar-refractivity contribution is 0.102. The molecule has 0 unspecified atom stereocenters. The summed E-state index contributed by atoms with van der Waals surface area (Å²) in [6.45, 7) is 2.84. The van der Waals surface area contributed by atoms with Crippen LogP contribution in [0.5, 0.6) is 0 Å². The van der Waals surface area contributed by atoms with E-state index in [1.807, 2.05) is 0 Å². The zero-order valence-electron chi connectivity index (χ0n) is 9.97. The zero-order valence-corrected chi connectivity index (χ0v) is 9.97. The van der Waals surface area contributed by atoms with Crippen LogP contribution in [-0.2, 0) is 0 Å². The smallest absolute Gasteiger partial charge is 0.276 e. The van der Waals surface area contributed by atoms with Crippen LogP contribution in [0.4, 0.5) is 11.5 Å². The Balaban J connectivity index is 2.05. The molecule has 0 saturated heterocycles. The molecule has 1 amide bonds. The number of nitrogens with zero attached hydrogens (tertiary/aromatic N) is 3. The SMILES string of the molecule is CCCNc1cncc(C(=O)Nc2cn[nH]c2)n1. The minimum atomic E-state index is -0.316. The standard InChI is InChI=1S/C11H14N6O/c1-2-3-13-10-7-12-6-9(17-10)11(18)16-8-4-14-15-5-8/h4-7H,2-3H2,1H3,(H,13,17)(H,14,15)(H,16,18). The number of carbonyl (C=O) groups excluding carboxylic acids is 1. The monoisotopic (exact) mass is 246 g/mol. The largest absolute Gasteiger partial charge is 0.369 e. The van der Waals surface area contributed by atoms with Crippen LogP contribution >= 0.6 is 0 Å². The molecule has 0 bridgehead atoms. The summed E-state index contributed by atoms with van der Waals surface area (Å²) in [4.78, 5) is 20.0. The number of amides is 1. The lowest BCUT2D eigenvalue weighted by Crippen LogP contribution is -2.15. The average Bonchev–Trinajstić information content (AvgIpc) is 2.89. The highest BCUT2D eigenvalue weighted by molar-refractivity contribution is 6.02. The molecule has 0 aliphatic rings. The van der Waals surface area contributed by atoms with E-state index in [9.17, 15) is 4.79 Å². The van der Waals surface area contributed by atoms with Gasteiger partial charge in [-0.3, -0.25) is 14.9 Å². The van der Waals surface area contributed by atoms with Crippen LogP contribution in [0.1, 0.15) is 23.8 Å². The van der Waals surface area contributed by atoms with Gasteiger partial charge in [0.25, 0.3) is 5.91 Å². The normalized spacial score (nSPS) is 10.1. The number of aromatic nitrogens is 4. The third kappa shape index (κ3) is 3.03. The predicted octanol–water partition coefficient (Wildman–Crippen LogP) is 1.27. The van der Waals surface area contributed by atoms with Crippen LogP contribution in [0.3, 0.4) is 0 Å². The topological polar surface area (TPSA) is 95.6 Å². The number of hydrogen-bond acceptors (Lipinski definition) is 5. The van der Waals surface area contributed by atoms with Crippen LogP contribution in [0.25, 0.3) is 0 Å². The van der Waals surface area contributed by atoms with Gasteiger partial charge in [-0.25, -0.2) is 4.98 Å². The van der Waals surface area contributed by atoms with E-state index >= 15 is 0 Å². The molecular formula is C11H14N6O. The van der Waals surface area contributed by atoms with Gasteiger partial charge in [0.2, 0.25) is 0 Å². The fourth-order valence-electron chi connectivity index (χ4n) is 1.33. The summed E-state index contributed by atoms with van der Waals surface area (Å²) >= 11 is 0. The molecule has 0 fully saturated rings. The number of anilines is 2. The number of aromatic amines is 1. The maximum atomic E-state index is 11.9. The Morgan fingerprint density at radius 3 is 3.00 bits per heavy atom. The molecule has 0 atom stereocenters. The molecular weight excluding hydrogens is 232 g/mol. The van der Waals surface area contributed by atoms with Crippen molar-refractivity contribution >= 4 is 17.4 Å². The van der Waals surface area contributed by atoms with E-state index < -0.39 is 0 Å². The Morgan fingerprint density at radius 2 is 2.28 bits per heavy atom. The molecule has 7 nitrogen and oxygen atoms in total. The van der Waals surface area contributed by atoms with Crippen LogP contribution < -0.4 is 10.6 Å². The van der Waals surface area contributed by atoms with Gasteiger partial charge in [-0.15, -0.1) is 0 Å². The maximum Gasteiger partial charge on any atom is 0.276 e. The van der Waals surface area contributed by atoms with Gasteiger partial charge in [0, 0.05) is 12.7 Å². The fraction of sp³-hybridized carbons (Fsp3) is 0.273. The summed E-state index contributed by atoms with van der Waals surface area (Å²) in [5.74, 6) is 0.278. The van der Waals surface area contributed by atoms with Crippen molar-refractivity contribution in [2.45, 2.75) is 13.3 Å². The minimum Gasteiger partial charge on any atom is -0.369 e. The van der Waals surface area contributed by atoms with Crippen molar-refractivity contribution in [3.8, 4) is 0 Å². The van der Waals surface area contributed by atoms with Gasteiger partial charge in [-0.1, -0.05) is 6.92 Å². The minimum absolute atomic E-state index is 0.261. The highest BCUT2D eigenvalue weighted by atomic mass is 16.1. The summed E-state index contributed by atoms with van der Waals surface area (Å²) in [6, 6.07) is 0. The summed E-state index contributed by atoms with van der Waals surface area (Å²) in [7, 11) is 0. The predicted molar refractivity (Wildman–Crippen MR) is 67.4 cm³/mol. The second-order valence-corrected chi connectivity index (χ2v) is 3.66. The first-order valence-electron chi connectivity index (χ1n) is 5.65. The summed E-state index contributed by atoms with van der Waals surface area (Å²) in [5, 5.41) is 12.1. The lowest BCUT2D eigenvalue weighted by atomic mass is 10.4. The van der Waals surface area contributed by atoms with Crippen molar-refractivity contribution in [1.29, 1.82) is 0 Å². The molecule has 2 aromatic rings. The van der Waals surface area contributed by atoms with Crippen molar-refractivity contribution in [3.05, 3.63) is 30.5 Å². The number of hydrogen-bond donors (Lipinski definition) is 3. The Morgan fingerprint density at radius 1 is 1.39 bits per heavy atom. The van der Waals surface area contributed by atoms with Gasteiger partial charge in [0.05, 0.1) is 24.3 Å². The first kappa shape index (κ1) is 12.0. The first-order valence-corrected chi connectivity index (χ1v) is 5.65. The summed E-state index contributed by atoms with van der Waals surface area (Å²) < 4.78 is 0. The van der Waals surface area contributed by atoms with Crippen LogP contribution in [0, 0.1) is 0 Å². The molecule has 0 aliphatic carbocycles.